The molecule has 242 valence electrons. The summed E-state index contributed by atoms with van der Waals surface area (Å²) in [6.07, 6.45) is 1.11. The Morgan fingerprint density at radius 2 is 1.83 bits per heavy atom. The second-order valence-electron chi connectivity index (χ2n) is 11.5. The molecule has 0 bridgehead atoms. The zero-order chi connectivity index (χ0) is 32.7. The number of benzene rings is 3. The molecule has 5 aromatic rings. The number of aromatic nitrogens is 3. The number of carbonyl (C=O) groups excluding carboxylic acids is 1. The number of nitrogens with zero attached hydrogens (tertiary/aromatic N) is 4. The van der Waals surface area contributed by atoms with Gasteiger partial charge in [-0.05, 0) is 80.5 Å². The molecule has 3 heterocycles. The van der Waals surface area contributed by atoms with Gasteiger partial charge in [0.15, 0.2) is 0 Å². The molecule has 6 rings (SSSR count). The average Bonchev–Trinajstić information content (AvgIpc) is 3.46. The molecule has 2 aromatic heterocycles. The summed E-state index contributed by atoms with van der Waals surface area (Å²) in [6.45, 7) is 4.11. The largest absolute Gasteiger partial charge is 0.493 e. The van der Waals surface area contributed by atoms with Gasteiger partial charge in [0.25, 0.3) is 0 Å². The zero-order valence-electron chi connectivity index (χ0n) is 26.3. The summed E-state index contributed by atoms with van der Waals surface area (Å²) in [5, 5.41) is 6.79. The molecule has 1 aliphatic rings. The van der Waals surface area contributed by atoms with Crippen LogP contribution >= 0.6 is 0 Å². The molecule has 0 spiro atoms. The van der Waals surface area contributed by atoms with Crippen molar-refractivity contribution in [1.29, 1.82) is 0 Å². The Hall–Kier alpha value is -4.29. The number of sulfonamides is 1. The average molecular weight is 651 g/mol. The molecular weight excluding hydrogens is 614 g/mol. The fourth-order valence-electron chi connectivity index (χ4n) is 6.40. The minimum atomic E-state index is -3.66. The number of rotatable bonds is 7. The Bertz CT molecular complexity index is 2090. The third-order valence-electron chi connectivity index (χ3n) is 8.67. The van der Waals surface area contributed by atoms with Gasteiger partial charge in [0.1, 0.15) is 23.1 Å². The molecule has 0 atom stereocenters. The van der Waals surface area contributed by atoms with Crippen molar-refractivity contribution in [3.05, 3.63) is 82.8 Å². The van der Waals surface area contributed by atoms with Crippen molar-refractivity contribution in [2.45, 2.75) is 46.2 Å². The summed E-state index contributed by atoms with van der Waals surface area (Å²) < 4.78 is 72.5. The fraction of sp³-hybridized carbons (Fsp3) is 0.353. The minimum absolute atomic E-state index is 0.0222. The third-order valence-corrected chi connectivity index (χ3v) is 10.5. The van der Waals surface area contributed by atoms with E-state index in [0.29, 0.717) is 58.6 Å². The van der Waals surface area contributed by atoms with Crippen molar-refractivity contribution in [3.63, 3.8) is 0 Å². The first kappa shape index (κ1) is 31.7. The van der Waals surface area contributed by atoms with E-state index >= 15 is 4.39 Å². The maximum Gasteiger partial charge on any atom is 0.355 e. The molecule has 0 radical (unpaired) electrons. The highest BCUT2D eigenvalue weighted by molar-refractivity contribution is 7.89. The monoisotopic (exact) mass is 650 g/mol. The molecule has 9 nitrogen and oxygen atoms in total. The molecule has 3 aromatic carbocycles. The quantitative estimate of drug-likeness (QED) is 0.155. The van der Waals surface area contributed by atoms with Crippen LogP contribution in [-0.4, -0.2) is 59.1 Å². The zero-order valence-corrected chi connectivity index (χ0v) is 27.1. The SMILES string of the molecule is CCOC(=O)c1c(CCCOc2cccc3cc(F)ccc23)c2ccc(F)c3c2n1CCCS(=O)(=O)N(C)Cc1nn(C)c(C)c1-3. The van der Waals surface area contributed by atoms with E-state index in [1.54, 1.807) is 41.4 Å². The van der Waals surface area contributed by atoms with Crippen molar-refractivity contribution in [2.75, 3.05) is 26.0 Å². The van der Waals surface area contributed by atoms with Crippen LogP contribution in [0.5, 0.6) is 5.75 Å². The van der Waals surface area contributed by atoms with Crippen LogP contribution in [0.3, 0.4) is 0 Å². The lowest BCUT2D eigenvalue weighted by atomic mass is 9.97. The summed E-state index contributed by atoms with van der Waals surface area (Å²) in [5.41, 5.74) is 3.34. The lowest BCUT2D eigenvalue weighted by molar-refractivity contribution is 0.0512. The van der Waals surface area contributed by atoms with E-state index in [2.05, 4.69) is 5.10 Å². The summed E-state index contributed by atoms with van der Waals surface area (Å²) >= 11 is 0. The summed E-state index contributed by atoms with van der Waals surface area (Å²) in [4.78, 5) is 13.6. The molecule has 0 unspecified atom stereocenters. The van der Waals surface area contributed by atoms with Crippen molar-refractivity contribution >= 4 is 37.7 Å². The lowest BCUT2D eigenvalue weighted by Crippen LogP contribution is -2.29. The van der Waals surface area contributed by atoms with Gasteiger partial charge in [-0.1, -0.05) is 12.1 Å². The predicted molar refractivity (Wildman–Crippen MR) is 172 cm³/mol. The van der Waals surface area contributed by atoms with Gasteiger partial charge in [0.05, 0.1) is 36.7 Å². The number of esters is 1. The standard InChI is InChI=1S/C34H36F2N4O5S/c1-5-44-34(41)33-25(10-7-17-45-29-11-6-9-22-19-23(35)12-13-24(22)29)26-14-15-27(36)31-30-21(2)39(4)37-28(30)20-38(3)46(42,43)18-8-16-40(33)32(26)31/h6,9,11-15,19H,5,7-8,10,16-18,20H2,1-4H3. The van der Waals surface area contributed by atoms with Gasteiger partial charge < -0.3 is 14.0 Å². The first-order valence-electron chi connectivity index (χ1n) is 15.3. The van der Waals surface area contributed by atoms with Gasteiger partial charge in [-0.25, -0.2) is 22.0 Å². The Morgan fingerprint density at radius 3 is 2.61 bits per heavy atom. The Kier molecular flexibility index (Phi) is 8.60. The van der Waals surface area contributed by atoms with E-state index in [4.69, 9.17) is 9.47 Å². The van der Waals surface area contributed by atoms with E-state index in [9.17, 15) is 17.6 Å². The van der Waals surface area contributed by atoms with E-state index < -0.39 is 21.8 Å². The second kappa shape index (κ2) is 12.5. The molecule has 0 aliphatic carbocycles. The molecular formula is C34H36F2N4O5S. The van der Waals surface area contributed by atoms with Gasteiger partial charge in [-0.2, -0.15) is 9.40 Å². The topological polar surface area (TPSA) is 95.7 Å². The lowest BCUT2D eigenvalue weighted by Gasteiger charge is -2.16. The van der Waals surface area contributed by atoms with E-state index in [1.165, 1.54) is 29.6 Å². The van der Waals surface area contributed by atoms with Crippen LogP contribution in [0.2, 0.25) is 0 Å². The van der Waals surface area contributed by atoms with E-state index in [1.807, 2.05) is 19.1 Å². The number of aryl methyl sites for hydroxylation is 3. The van der Waals surface area contributed by atoms with Gasteiger partial charge in [0, 0.05) is 48.2 Å². The Morgan fingerprint density at radius 1 is 1.04 bits per heavy atom. The third kappa shape index (κ3) is 5.64. The molecule has 0 fully saturated rings. The molecule has 0 saturated heterocycles. The van der Waals surface area contributed by atoms with Gasteiger partial charge in [0.2, 0.25) is 10.0 Å². The number of carbonyl (C=O) groups is 1. The summed E-state index contributed by atoms with van der Waals surface area (Å²) in [6, 6.07) is 13.1. The number of halogens is 2. The first-order chi connectivity index (χ1) is 22.0. The molecule has 12 heteroatoms. The highest BCUT2D eigenvalue weighted by atomic mass is 32.2. The Balaban J connectivity index is 1.47. The molecule has 0 N–H and O–H groups in total. The van der Waals surface area contributed by atoms with Crippen LogP contribution in [0.15, 0.2) is 48.5 Å². The predicted octanol–water partition coefficient (Wildman–Crippen LogP) is 6.14. The summed E-state index contributed by atoms with van der Waals surface area (Å²) in [7, 11) is -0.428. The van der Waals surface area contributed by atoms with E-state index in [-0.39, 0.29) is 48.9 Å². The second-order valence-corrected chi connectivity index (χ2v) is 13.7. The Labute approximate surface area is 266 Å². The van der Waals surface area contributed by atoms with Crippen LogP contribution in [0.25, 0.3) is 32.8 Å². The highest BCUT2D eigenvalue weighted by Crippen LogP contribution is 2.41. The minimum Gasteiger partial charge on any atom is -0.493 e. The van der Waals surface area contributed by atoms with Crippen molar-refractivity contribution in [3.8, 4) is 16.9 Å². The van der Waals surface area contributed by atoms with Crippen LogP contribution in [0, 0.1) is 18.6 Å². The summed E-state index contributed by atoms with van der Waals surface area (Å²) in [5.74, 6) is -0.918. The smallest absolute Gasteiger partial charge is 0.355 e. The van der Waals surface area contributed by atoms with Gasteiger partial charge >= 0.3 is 5.97 Å². The van der Waals surface area contributed by atoms with Crippen molar-refractivity contribution < 1.29 is 31.5 Å². The van der Waals surface area contributed by atoms with Gasteiger partial charge in [-0.15, -0.1) is 0 Å². The number of hydrogen-bond acceptors (Lipinski definition) is 6. The number of ether oxygens (including phenoxy) is 2. The van der Waals surface area contributed by atoms with Crippen molar-refractivity contribution in [2.24, 2.45) is 7.05 Å². The number of hydrogen-bond donors (Lipinski definition) is 0. The number of fused-ring (bicyclic) bond motifs is 3. The van der Waals surface area contributed by atoms with Crippen molar-refractivity contribution in [1.82, 2.24) is 18.7 Å². The maximum atomic E-state index is 16.1. The van der Waals surface area contributed by atoms with Crippen LogP contribution in [0.1, 0.15) is 47.2 Å². The molecule has 0 saturated carbocycles. The molecule has 46 heavy (non-hydrogen) atoms. The highest BCUT2D eigenvalue weighted by Gasteiger charge is 2.32. The molecule has 1 aliphatic heterocycles. The normalized spacial score (nSPS) is 15.1. The van der Waals surface area contributed by atoms with Crippen LogP contribution in [-0.2, 0) is 41.3 Å². The molecule has 0 amide bonds. The van der Waals surface area contributed by atoms with Gasteiger partial charge in [-0.3, -0.25) is 4.68 Å². The first-order valence-corrected chi connectivity index (χ1v) is 16.9. The van der Waals surface area contributed by atoms with Crippen LogP contribution < -0.4 is 4.74 Å². The van der Waals surface area contributed by atoms with Crippen LogP contribution in [0.4, 0.5) is 8.78 Å². The van der Waals surface area contributed by atoms with E-state index in [0.717, 1.165) is 10.8 Å². The fourth-order valence-corrected chi connectivity index (χ4v) is 7.53. The maximum absolute atomic E-state index is 16.1.